The zero-order valence-electron chi connectivity index (χ0n) is 13.7. The van der Waals surface area contributed by atoms with Gasteiger partial charge in [-0.3, -0.25) is 14.9 Å². The summed E-state index contributed by atoms with van der Waals surface area (Å²) in [6, 6.07) is 12.3. The van der Waals surface area contributed by atoms with Crippen molar-refractivity contribution in [3.05, 3.63) is 69.3 Å². The van der Waals surface area contributed by atoms with Crippen LogP contribution in [0.5, 0.6) is 5.75 Å². The second kappa shape index (κ2) is 8.10. The number of carbonyl (C=O) groups is 1. The molecule has 0 saturated carbocycles. The summed E-state index contributed by atoms with van der Waals surface area (Å²) in [5, 5.41) is 13.6. The fraction of sp³-hybridized carbons (Fsp3) is 0.278. The first-order chi connectivity index (χ1) is 11.5. The molecule has 2 aromatic carbocycles. The van der Waals surface area contributed by atoms with Gasteiger partial charge in [-0.25, -0.2) is 0 Å². The Morgan fingerprint density at radius 3 is 2.54 bits per heavy atom. The Kier molecular flexibility index (Phi) is 5.89. The minimum absolute atomic E-state index is 0.0603. The zero-order valence-corrected chi connectivity index (χ0v) is 13.7. The van der Waals surface area contributed by atoms with Gasteiger partial charge in [-0.1, -0.05) is 25.1 Å². The van der Waals surface area contributed by atoms with Gasteiger partial charge in [0.1, 0.15) is 12.4 Å². The number of carbonyl (C=O) groups excluding carboxylic acids is 1. The van der Waals surface area contributed by atoms with Crippen LogP contribution in [-0.2, 0) is 6.42 Å². The van der Waals surface area contributed by atoms with Gasteiger partial charge in [0.2, 0.25) is 0 Å². The molecule has 2 rings (SSSR count). The normalized spacial score (nSPS) is 10.2. The maximum atomic E-state index is 12.1. The van der Waals surface area contributed by atoms with Crippen LogP contribution in [0.1, 0.15) is 28.4 Å². The van der Waals surface area contributed by atoms with Crippen molar-refractivity contribution in [2.45, 2.75) is 20.3 Å². The number of hydrogen-bond donors (Lipinski definition) is 1. The molecule has 0 aliphatic rings. The van der Waals surface area contributed by atoms with Crippen molar-refractivity contribution in [1.29, 1.82) is 0 Å². The summed E-state index contributed by atoms with van der Waals surface area (Å²) in [7, 11) is 0. The lowest BCUT2D eigenvalue weighted by Crippen LogP contribution is -2.28. The molecule has 6 heteroatoms. The highest BCUT2D eigenvalue weighted by Gasteiger charge is 2.17. The van der Waals surface area contributed by atoms with Gasteiger partial charge < -0.3 is 10.1 Å². The van der Waals surface area contributed by atoms with E-state index in [4.69, 9.17) is 4.74 Å². The molecule has 0 radical (unpaired) electrons. The fourth-order valence-electron chi connectivity index (χ4n) is 2.32. The molecule has 0 saturated heterocycles. The van der Waals surface area contributed by atoms with Gasteiger partial charge in [-0.05, 0) is 37.1 Å². The Bertz CT molecular complexity index is 726. The second-order valence-electron chi connectivity index (χ2n) is 5.31. The molecule has 1 N–H and O–H groups in total. The molecule has 0 aromatic heterocycles. The summed E-state index contributed by atoms with van der Waals surface area (Å²) >= 11 is 0. The lowest BCUT2D eigenvalue weighted by atomic mass is 10.1. The van der Waals surface area contributed by atoms with Crippen LogP contribution < -0.4 is 10.1 Å². The smallest absolute Gasteiger partial charge is 0.273 e. The van der Waals surface area contributed by atoms with E-state index in [0.29, 0.717) is 24.3 Å². The number of ether oxygens (including phenoxy) is 1. The lowest BCUT2D eigenvalue weighted by Gasteiger charge is -2.09. The van der Waals surface area contributed by atoms with E-state index in [1.54, 1.807) is 13.0 Å². The first-order valence-corrected chi connectivity index (χ1v) is 7.77. The minimum Gasteiger partial charge on any atom is -0.492 e. The number of benzene rings is 2. The molecule has 6 nitrogen and oxygen atoms in total. The molecule has 1 amide bonds. The Balaban J connectivity index is 1.87. The molecule has 0 fully saturated rings. The zero-order chi connectivity index (χ0) is 17.5. The van der Waals surface area contributed by atoms with Gasteiger partial charge in [0.15, 0.2) is 0 Å². The third kappa shape index (κ3) is 4.32. The summed E-state index contributed by atoms with van der Waals surface area (Å²) in [6.45, 7) is 4.29. The first kappa shape index (κ1) is 17.5. The predicted octanol–water partition coefficient (Wildman–Crippen LogP) is 3.27. The van der Waals surface area contributed by atoms with Gasteiger partial charge >= 0.3 is 0 Å². The highest BCUT2D eigenvalue weighted by molar-refractivity contribution is 5.96. The second-order valence-corrected chi connectivity index (χ2v) is 5.31. The summed E-state index contributed by atoms with van der Waals surface area (Å²) in [4.78, 5) is 22.6. The molecule has 0 atom stereocenters. The molecule has 0 unspecified atom stereocenters. The van der Waals surface area contributed by atoms with Crippen molar-refractivity contribution in [1.82, 2.24) is 5.32 Å². The van der Waals surface area contributed by atoms with Crippen LogP contribution in [0.25, 0.3) is 0 Å². The number of hydrogen-bond acceptors (Lipinski definition) is 4. The Labute approximate surface area is 140 Å². The monoisotopic (exact) mass is 328 g/mol. The highest BCUT2D eigenvalue weighted by Crippen LogP contribution is 2.20. The number of nitrogens with one attached hydrogen (secondary N) is 1. The van der Waals surface area contributed by atoms with Crippen LogP contribution in [0.3, 0.4) is 0 Å². The van der Waals surface area contributed by atoms with E-state index in [-0.39, 0.29) is 11.6 Å². The van der Waals surface area contributed by atoms with Gasteiger partial charge in [-0.15, -0.1) is 0 Å². The number of nitro benzene ring substituents is 1. The topological polar surface area (TPSA) is 81.5 Å². The molecule has 0 aliphatic carbocycles. The van der Waals surface area contributed by atoms with Crippen molar-refractivity contribution in [3.63, 3.8) is 0 Å². The van der Waals surface area contributed by atoms with Crippen molar-refractivity contribution >= 4 is 11.6 Å². The number of aryl methyl sites for hydroxylation is 1. The molecule has 2 aromatic rings. The molecule has 0 spiro atoms. The maximum Gasteiger partial charge on any atom is 0.273 e. The van der Waals surface area contributed by atoms with Crippen LogP contribution in [0.15, 0.2) is 42.5 Å². The van der Waals surface area contributed by atoms with Gasteiger partial charge in [0.05, 0.1) is 11.5 Å². The average molecular weight is 328 g/mol. The van der Waals surface area contributed by atoms with Crippen molar-refractivity contribution in [2.75, 3.05) is 13.2 Å². The SMILES string of the molecule is CCc1ccc(OCCNC(=O)c2cccc([N+](=O)[O-])c2C)cc1. The van der Waals surface area contributed by atoms with Crippen molar-refractivity contribution in [2.24, 2.45) is 0 Å². The van der Waals surface area contributed by atoms with E-state index in [1.807, 2.05) is 24.3 Å². The van der Waals surface area contributed by atoms with Crippen molar-refractivity contribution in [3.8, 4) is 5.75 Å². The van der Waals surface area contributed by atoms with Crippen LogP contribution in [0, 0.1) is 17.0 Å². The largest absolute Gasteiger partial charge is 0.492 e. The maximum absolute atomic E-state index is 12.1. The molecular formula is C18H20N2O4. The molecule has 0 aliphatic heterocycles. The Morgan fingerprint density at radius 1 is 1.21 bits per heavy atom. The predicted molar refractivity (Wildman–Crippen MR) is 91.5 cm³/mol. The quantitative estimate of drug-likeness (QED) is 0.480. The average Bonchev–Trinajstić information content (AvgIpc) is 2.59. The van der Waals surface area contributed by atoms with Gasteiger partial charge in [0.25, 0.3) is 11.6 Å². The lowest BCUT2D eigenvalue weighted by molar-refractivity contribution is -0.385. The number of nitro groups is 1. The molecule has 0 heterocycles. The van der Waals surface area contributed by atoms with Crippen LogP contribution in [0.2, 0.25) is 0 Å². The molecule has 126 valence electrons. The summed E-state index contributed by atoms with van der Waals surface area (Å²) in [5.41, 5.74) is 1.83. The standard InChI is InChI=1S/C18H20N2O4/c1-3-14-7-9-15(10-8-14)24-12-11-19-18(21)16-5-4-6-17(13(16)2)20(22)23/h4-10H,3,11-12H2,1-2H3,(H,19,21). The van der Waals surface area contributed by atoms with Gasteiger partial charge in [0, 0.05) is 17.2 Å². The van der Waals surface area contributed by atoms with Gasteiger partial charge in [-0.2, -0.15) is 0 Å². The first-order valence-electron chi connectivity index (χ1n) is 7.77. The van der Waals surface area contributed by atoms with E-state index >= 15 is 0 Å². The Morgan fingerprint density at radius 2 is 1.92 bits per heavy atom. The van der Waals surface area contributed by atoms with Crippen LogP contribution in [0.4, 0.5) is 5.69 Å². The summed E-state index contributed by atoms with van der Waals surface area (Å²) in [6.07, 6.45) is 0.971. The minimum atomic E-state index is -0.491. The molecule has 24 heavy (non-hydrogen) atoms. The van der Waals surface area contributed by atoms with E-state index < -0.39 is 4.92 Å². The van der Waals surface area contributed by atoms with Crippen LogP contribution >= 0.6 is 0 Å². The third-order valence-corrected chi connectivity index (χ3v) is 3.73. The van der Waals surface area contributed by atoms with E-state index in [1.165, 1.54) is 17.7 Å². The number of rotatable bonds is 7. The summed E-state index contributed by atoms with van der Waals surface area (Å²) < 4.78 is 5.56. The van der Waals surface area contributed by atoms with E-state index in [0.717, 1.165) is 12.2 Å². The molecule has 0 bridgehead atoms. The third-order valence-electron chi connectivity index (χ3n) is 3.73. The van der Waals surface area contributed by atoms with E-state index in [2.05, 4.69) is 12.2 Å². The van der Waals surface area contributed by atoms with Crippen LogP contribution in [-0.4, -0.2) is 24.0 Å². The molecular weight excluding hydrogens is 308 g/mol. The number of nitrogens with zero attached hydrogens (tertiary/aromatic N) is 1. The van der Waals surface area contributed by atoms with E-state index in [9.17, 15) is 14.9 Å². The number of amides is 1. The fourth-order valence-corrected chi connectivity index (χ4v) is 2.32. The summed E-state index contributed by atoms with van der Waals surface area (Å²) in [5.74, 6) is 0.397. The Hall–Kier alpha value is -2.89. The van der Waals surface area contributed by atoms with Crippen molar-refractivity contribution < 1.29 is 14.5 Å². The highest BCUT2D eigenvalue weighted by atomic mass is 16.6.